The van der Waals surface area contributed by atoms with E-state index in [1.165, 1.54) is 12.1 Å². The molecule has 0 unspecified atom stereocenters. The standard InChI is InChI=1S/C22H23FN2O4/c23-16-2-4-17(5-3-16)28-10-8-18-12-15-11-14(1-6-20(15)29-18)13-25-22(27)21-19(26)7-9-24-21/h1-6,11-12,19,21,24,26H,7-10,13H2,(H,25,27)/t19-,21-/m0/s1. The number of aliphatic hydroxyl groups is 1. The zero-order valence-electron chi connectivity index (χ0n) is 15.9. The van der Waals surface area contributed by atoms with Gasteiger partial charge in [-0.05, 0) is 61.0 Å². The molecule has 0 aliphatic carbocycles. The van der Waals surface area contributed by atoms with Gasteiger partial charge in [0, 0.05) is 18.4 Å². The number of aliphatic hydroxyl groups excluding tert-OH is 1. The van der Waals surface area contributed by atoms with E-state index in [9.17, 15) is 14.3 Å². The van der Waals surface area contributed by atoms with Gasteiger partial charge in [0.15, 0.2) is 0 Å². The first-order valence-electron chi connectivity index (χ1n) is 9.67. The van der Waals surface area contributed by atoms with Crippen LogP contribution in [0.3, 0.4) is 0 Å². The van der Waals surface area contributed by atoms with Crippen LogP contribution in [0.15, 0.2) is 52.9 Å². The second-order valence-electron chi connectivity index (χ2n) is 7.14. The van der Waals surface area contributed by atoms with Gasteiger partial charge < -0.3 is 24.9 Å². The van der Waals surface area contributed by atoms with Crippen LogP contribution < -0.4 is 15.4 Å². The van der Waals surface area contributed by atoms with Gasteiger partial charge in [-0.2, -0.15) is 0 Å². The molecule has 1 saturated heterocycles. The van der Waals surface area contributed by atoms with E-state index in [1.54, 1.807) is 12.1 Å². The Morgan fingerprint density at radius 2 is 2.07 bits per heavy atom. The molecule has 0 spiro atoms. The summed E-state index contributed by atoms with van der Waals surface area (Å²) in [5.74, 6) is 0.919. The molecule has 1 aliphatic rings. The number of benzene rings is 2. The van der Waals surface area contributed by atoms with Crippen LogP contribution in [0, 0.1) is 5.82 Å². The van der Waals surface area contributed by atoms with E-state index < -0.39 is 12.1 Å². The molecule has 0 bridgehead atoms. The lowest BCUT2D eigenvalue weighted by atomic mass is 10.1. The molecular weight excluding hydrogens is 375 g/mol. The molecule has 1 fully saturated rings. The number of carbonyl (C=O) groups excluding carboxylic acids is 1. The number of ether oxygens (including phenoxy) is 1. The number of rotatable bonds is 7. The van der Waals surface area contributed by atoms with E-state index in [0.717, 1.165) is 22.3 Å². The zero-order chi connectivity index (χ0) is 20.2. The summed E-state index contributed by atoms with van der Waals surface area (Å²) in [5.41, 5.74) is 1.72. The molecule has 3 aromatic rings. The molecule has 2 aromatic carbocycles. The third-order valence-electron chi connectivity index (χ3n) is 5.00. The van der Waals surface area contributed by atoms with Crippen molar-refractivity contribution in [1.82, 2.24) is 10.6 Å². The number of amides is 1. The molecule has 2 heterocycles. The van der Waals surface area contributed by atoms with Gasteiger partial charge in [-0.25, -0.2) is 4.39 Å². The average molecular weight is 398 g/mol. The van der Waals surface area contributed by atoms with Crippen molar-refractivity contribution < 1.29 is 23.4 Å². The molecule has 1 aliphatic heterocycles. The maximum Gasteiger partial charge on any atom is 0.240 e. The van der Waals surface area contributed by atoms with Crippen LogP contribution in [0.25, 0.3) is 11.0 Å². The smallest absolute Gasteiger partial charge is 0.240 e. The maximum atomic E-state index is 12.9. The van der Waals surface area contributed by atoms with E-state index in [-0.39, 0.29) is 11.7 Å². The van der Waals surface area contributed by atoms with Crippen molar-refractivity contribution >= 4 is 16.9 Å². The van der Waals surface area contributed by atoms with Crippen LogP contribution in [0.1, 0.15) is 17.7 Å². The Hall–Kier alpha value is -2.90. The van der Waals surface area contributed by atoms with Crippen molar-refractivity contribution in [3.05, 3.63) is 65.7 Å². The third kappa shape index (κ3) is 4.75. The Morgan fingerprint density at radius 1 is 1.24 bits per heavy atom. The minimum absolute atomic E-state index is 0.194. The minimum Gasteiger partial charge on any atom is -0.493 e. The van der Waals surface area contributed by atoms with Crippen molar-refractivity contribution in [2.45, 2.75) is 31.5 Å². The number of fused-ring (bicyclic) bond motifs is 1. The summed E-state index contributed by atoms with van der Waals surface area (Å²) in [7, 11) is 0. The summed E-state index contributed by atoms with van der Waals surface area (Å²) in [6.07, 6.45) is 0.543. The topological polar surface area (TPSA) is 83.7 Å². The van der Waals surface area contributed by atoms with Crippen LogP contribution in [-0.2, 0) is 17.8 Å². The lowest BCUT2D eigenvalue weighted by molar-refractivity contribution is -0.124. The van der Waals surface area contributed by atoms with E-state index in [2.05, 4.69) is 10.6 Å². The van der Waals surface area contributed by atoms with Crippen molar-refractivity contribution in [3.8, 4) is 5.75 Å². The van der Waals surface area contributed by atoms with Gasteiger partial charge in [0.2, 0.25) is 5.91 Å². The minimum atomic E-state index is -0.633. The molecular formula is C22H23FN2O4. The molecule has 4 rings (SSSR count). The van der Waals surface area contributed by atoms with E-state index in [1.807, 2.05) is 24.3 Å². The second-order valence-corrected chi connectivity index (χ2v) is 7.14. The van der Waals surface area contributed by atoms with Gasteiger partial charge in [0.1, 0.15) is 29.0 Å². The number of hydrogen-bond acceptors (Lipinski definition) is 5. The van der Waals surface area contributed by atoms with Crippen molar-refractivity contribution in [3.63, 3.8) is 0 Å². The van der Waals surface area contributed by atoms with Crippen molar-refractivity contribution in [1.29, 1.82) is 0 Å². The first-order chi connectivity index (χ1) is 14.1. The largest absolute Gasteiger partial charge is 0.493 e. The fourth-order valence-electron chi connectivity index (χ4n) is 3.44. The van der Waals surface area contributed by atoms with E-state index >= 15 is 0 Å². The number of nitrogens with one attached hydrogen (secondary N) is 2. The Kier molecular flexibility index (Phi) is 5.78. The second kappa shape index (κ2) is 8.63. The van der Waals surface area contributed by atoms with Gasteiger partial charge in [0.25, 0.3) is 0 Å². The van der Waals surface area contributed by atoms with Crippen LogP contribution in [-0.4, -0.2) is 36.3 Å². The predicted octanol–water partition coefficient (Wildman–Crippen LogP) is 2.53. The van der Waals surface area contributed by atoms with Crippen molar-refractivity contribution in [2.24, 2.45) is 0 Å². The summed E-state index contributed by atoms with van der Waals surface area (Å²) in [6, 6.07) is 13.1. The SMILES string of the molecule is O=C(NCc1ccc2oc(CCOc3ccc(F)cc3)cc2c1)[C@H]1NCC[C@@H]1O. The summed E-state index contributed by atoms with van der Waals surface area (Å²) < 4.78 is 24.3. The Bertz CT molecular complexity index is 986. The first kappa shape index (κ1) is 19.4. The summed E-state index contributed by atoms with van der Waals surface area (Å²) in [4.78, 5) is 12.2. The molecule has 3 N–H and O–H groups in total. The molecule has 1 amide bonds. The zero-order valence-corrected chi connectivity index (χ0v) is 15.9. The Labute approximate surface area is 167 Å². The van der Waals surface area contributed by atoms with Gasteiger partial charge >= 0.3 is 0 Å². The monoisotopic (exact) mass is 398 g/mol. The number of halogens is 1. The van der Waals surface area contributed by atoms with Crippen LogP contribution >= 0.6 is 0 Å². The summed E-state index contributed by atoms with van der Waals surface area (Å²) >= 11 is 0. The molecule has 152 valence electrons. The van der Waals surface area contributed by atoms with Crippen LogP contribution in [0.2, 0.25) is 0 Å². The highest BCUT2D eigenvalue weighted by atomic mass is 19.1. The molecule has 29 heavy (non-hydrogen) atoms. The predicted molar refractivity (Wildman–Crippen MR) is 106 cm³/mol. The molecule has 1 aromatic heterocycles. The van der Waals surface area contributed by atoms with Crippen LogP contribution in [0.5, 0.6) is 5.75 Å². The third-order valence-corrected chi connectivity index (χ3v) is 5.00. The molecule has 0 saturated carbocycles. The summed E-state index contributed by atoms with van der Waals surface area (Å²) in [5, 5.41) is 16.6. The quantitative estimate of drug-likeness (QED) is 0.570. The van der Waals surface area contributed by atoms with Crippen molar-refractivity contribution in [2.75, 3.05) is 13.2 Å². The first-order valence-corrected chi connectivity index (χ1v) is 9.67. The average Bonchev–Trinajstić information content (AvgIpc) is 3.33. The fourth-order valence-corrected chi connectivity index (χ4v) is 3.44. The van der Waals surface area contributed by atoms with Gasteiger partial charge in [-0.3, -0.25) is 4.79 Å². The van der Waals surface area contributed by atoms with E-state index in [0.29, 0.717) is 38.3 Å². The highest BCUT2D eigenvalue weighted by molar-refractivity contribution is 5.83. The lowest BCUT2D eigenvalue weighted by Gasteiger charge is -2.14. The molecule has 7 heteroatoms. The molecule has 0 radical (unpaired) electrons. The number of carbonyl (C=O) groups is 1. The summed E-state index contributed by atoms with van der Waals surface area (Å²) in [6.45, 7) is 1.45. The fraction of sp³-hybridized carbons (Fsp3) is 0.318. The maximum absolute atomic E-state index is 12.9. The van der Waals surface area contributed by atoms with Gasteiger partial charge in [0.05, 0.1) is 12.7 Å². The number of furan rings is 1. The Morgan fingerprint density at radius 3 is 2.83 bits per heavy atom. The van der Waals surface area contributed by atoms with Gasteiger partial charge in [-0.1, -0.05) is 6.07 Å². The highest BCUT2D eigenvalue weighted by Crippen LogP contribution is 2.22. The lowest BCUT2D eigenvalue weighted by Crippen LogP contribution is -2.45. The normalized spacial score (nSPS) is 18.8. The number of hydrogen-bond donors (Lipinski definition) is 3. The van der Waals surface area contributed by atoms with E-state index in [4.69, 9.17) is 9.15 Å². The molecule has 6 nitrogen and oxygen atoms in total. The molecule has 2 atom stereocenters. The van der Waals surface area contributed by atoms with Crippen LogP contribution in [0.4, 0.5) is 4.39 Å². The Balaban J connectivity index is 1.32. The highest BCUT2D eigenvalue weighted by Gasteiger charge is 2.30. The van der Waals surface area contributed by atoms with Gasteiger partial charge in [-0.15, -0.1) is 0 Å².